The largest absolute Gasteiger partial charge is 0.477 e. The number of hydrogen-bond acceptors (Lipinski definition) is 5. The van der Waals surface area contributed by atoms with Crippen LogP contribution >= 0.6 is 11.9 Å². The Hall–Kier alpha value is -2.29. The van der Waals surface area contributed by atoms with Crippen molar-refractivity contribution in [2.75, 3.05) is 13.1 Å². The van der Waals surface area contributed by atoms with Gasteiger partial charge in [-0.2, -0.15) is 0 Å². The van der Waals surface area contributed by atoms with E-state index in [-0.39, 0.29) is 10.6 Å². The standard InChI is InChI=1S/C22H24N2O4S2/c1-16-19-15-17(29-23-13-7-2-3-8-14-23)11-12-20(19)24(21(16)22(25)26)30(27,28)18-9-5-4-6-10-18/h4-6,9-12,15H,2-3,7-8,13-14H2,1H3,(H,25,26). The summed E-state index contributed by atoms with van der Waals surface area (Å²) in [6, 6.07) is 13.4. The van der Waals surface area contributed by atoms with E-state index in [9.17, 15) is 18.3 Å². The van der Waals surface area contributed by atoms with Crippen LogP contribution in [0, 0.1) is 6.92 Å². The van der Waals surface area contributed by atoms with Crippen LogP contribution in [-0.2, 0) is 10.0 Å². The molecule has 1 aromatic heterocycles. The van der Waals surface area contributed by atoms with E-state index in [1.807, 2.05) is 12.1 Å². The van der Waals surface area contributed by atoms with Crippen LogP contribution in [0.5, 0.6) is 0 Å². The number of aromatic carboxylic acids is 1. The predicted octanol–water partition coefficient (Wildman–Crippen LogP) is 4.77. The summed E-state index contributed by atoms with van der Waals surface area (Å²) in [4.78, 5) is 13.1. The van der Waals surface area contributed by atoms with Gasteiger partial charge in [0.15, 0.2) is 0 Å². The fourth-order valence-corrected chi connectivity index (χ4v) is 6.55. The molecule has 0 amide bonds. The van der Waals surface area contributed by atoms with Crippen LogP contribution in [0.15, 0.2) is 58.3 Å². The first-order chi connectivity index (χ1) is 14.4. The van der Waals surface area contributed by atoms with Crippen molar-refractivity contribution >= 4 is 38.8 Å². The molecule has 30 heavy (non-hydrogen) atoms. The van der Waals surface area contributed by atoms with E-state index in [0.717, 1.165) is 22.0 Å². The van der Waals surface area contributed by atoms with E-state index >= 15 is 0 Å². The highest BCUT2D eigenvalue weighted by Gasteiger charge is 2.29. The summed E-state index contributed by atoms with van der Waals surface area (Å²) < 4.78 is 29.9. The number of nitrogens with zero attached hydrogens (tertiary/aromatic N) is 2. The van der Waals surface area contributed by atoms with Crippen molar-refractivity contribution in [1.82, 2.24) is 8.28 Å². The predicted molar refractivity (Wildman–Crippen MR) is 119 cm³/mol. The number of rotatable bonds is 5. The number of hydrogen-bond donors (Lipinski definition) is 1. The zero-order chi connectivity index (χ0) is 21.3. The summed E-state index contributed by atoms with van der Waals surface area (Å²) >= 11 is 1.66. The number of aromatic nitrogens is 1. The van der Waals surface area contributed by atoms with Gasteiger partial charge >= 0.3 is 5.97 Å². The molecule has 0 saturated carbocycles. The van der Waals surface area contributed by atoms with Crippen molar-refractivity contribution < 1.29 is 18.3 Å². The molecule has 8 heteroatoms. The van der Waals surface area contributed by atoms with Crippen LogP contribution in [0.3, 0.4) is 0 Å². The molecular formula is C22H24N2O4S2. The summed E-state index contributed by atoms with van der Waals surface area (Å²) in [6.45, 7) is 3.71. The van der Waals surface area contributed by atoms with Gasteiger partial charge in [-0.1, -0.05) is 31.0 Å². The normalized spacial score (nSPS) is 15.9. The Labute approximate surface area is 180 Å². The fourth-order valence-electron chi connectivity index (χ4n) is 3.93. The van der Waals surface area contributed by atoms with Crippen molar-refractivity contribution in [1.29, 1.82) is 0 Å². The van der Waals surface area contributed by atoms with Crippen LogP contribution in [0.25, 0.3) is 10.9 Å². The van der Waals surface area contributed by atoms with Gasteiger partial charge < -0.3 is 5.11 Å². The van der Waals surface area contributed by atoms with Crippen molar-refractivity contribution in [2.45, 2.75) is 42.4 Å². The summed E-state index contributed by atoms with van der Waals surface area (Å²) in [6.07, 6.45) is 4.83. The molecule has 158 valence electrons. The van der Waals surface area contributed by atoms with E-state index in [0.29, 0.717) is 16.5 Å². The van der Waals surface area contributed by atoms with E-state index < -0.39 is 16.0 Å². The Morgan fingerprint density at radius 3 is 2.30 bits per heavy atom. The number of carboxylic acids is 1. The number of aryl methyl sites for hydroxylation is 1. The first kappa shape index (κ1) is 21.0. The quantitative estimate of drug-likeness (QED) is 0.571. The van der Waals surface area contributed by atoms with E-state index in [4.69, 9.17) is 0 Å². The van der Waals surface area contributed by atoms with E-state index in [1.165, 1.54) is 37.8 Å². The van der Waals surface area contributed by atoms with Crippen LogP contribution < -0.4 is 0 Å². The number of benzene rings is 2. The highest BCUT2D eigenvalue weighted by atomic mass is 32.2. The average Bonchev–Trinajstić information content (AvgIpc) is 2.87. The summed E-state index contributed by atoms with van der Waals surface area (Å²) in [5.41, 5.74) is 0.620. The van der Waals surface area contributed by atoms with Gasteiger partial charge in [-0.3, -0.25) is 0 Å². The van der Waals surface area contributed by atoms with Crippen molar-refractivity contribution in [3.63, 3.8) is 0 Å². The molecule has 2 aromatic carbocycles. The molecule has 0 spiro atoms. The molecule has 1 aliphatic rings. The lowest BCUT2D eigenvalue weighted by Gasteiger charge is -2.18. The van der Waals surface area contributed by atoms with Crippen LogP contribution in [0.4, 0.5) is 0 Å². The van der Waals surface area contributed by atoms with Crippen LogP contribution in [0.2, 0.25) is 0 Å². The molecule has 4 rings (SSSR count). The minimum absolute atomic E-state index is 0.0624. The molecule has 6 nitrogen and oxygen atoms in total. The van der Waals surface area contributed by atoms with Gasteiger partial charge in [-0.25, -0.2) is 21.5 Å². The third kappa shape index (κ3) is 3.87. The molecule has 0 unspecified atom stereocenters. The Morgan fingerprint density at radius 1 is 1.00 bits per heavy atom. The third-order valence-electron chi connectivity index (χ3n) is 5.43. The van der Waals surface area contributed by atoms with Crippen molar-refractivity contribution in [3.05, 3.63) is 59.8 Å². The number of carbonyl (C=O) groups is 1. The molecule has 0 bridgehead atoms. The Kier molecular flexibility index (Phi) is 5.90. The van der Waals surface area contributed by atoms with Gasteiger partial charge in [0.05, 0.1) is 10.4 Å². The minimum atomic E-state index is -4.05. The maximum atomic E-state index is 13.3. The van der Waals surface area contributed by atoms with Crippen LogP contribution in [-0.4, -0.2) is 40.9 Å². The second-order valence-electron chi connectivity index (χ2n) is 7.47. The third-order valence-corrected chi connectivity index (χ3v) is 8.25. The molecule has 3 aromatic rings. The van der Waals surface area contributed by atoms with Crippen LogP contribution in [0.1, 0.15) is 41.7 Å². The highest BCUT2D eigenvalue weighted by molar-refractivity contribution is 7.97. The minimum Gasteiger partial charge on any atom is -0.477 e. The zero-order valence-corrected chi connectivity index (χ0v) is 18.4. The smallest absolute Gasteiger partial charge is 0.353 e. The van der Waals surface area contributed by atoms with Gasteiger partial charge in [-0.05, 0) is 67.6 Å². The second kappa shape index (κ2) is 8.45. The summed E-state index contributed by atoms with van der Waals surface area (Å²) in [5, 5.41) is 10.5. The topological polar surface area (TPSA) is 79.6 Å². The van der Waals surface area contributed by atoms with E-state index in [2.05, 4.69) is 4.31 Å². The van der Waals surface area contributed by atoms with E-state index in [1.54, 1.807) is 43.1 Å². The first-order valence-electron chi connectivity index (χ1n) is 10.0. The molecule has 1 fully saturated rings. The molecule has 1 aliphatic heterocycles. The Morgan fingerprint density at radius 2 is 1.67 bits per heavy atom. The van der Waals surface area contributed by atoms with Gasteiger partial charge in [0.1, 0.15) is 5.69 Å². The lowest BCUT2D eigenvalue weighted by Crippen LogP contribution is -2.19. The lowest BCUT2D eigenvalue weighted by molar-refractivity contribution is 0.0689. The molecule has 1 saturated heterocycles. The van der Waals surface area contributed by atoms with Gasteiger partial charge in [0.2, 0.25) is 0 Å². The molecule has 0 radical (unpaired) electrons. The number of fused-ring (bicyclic) bond motifs is 1. The van der Waals surface area contributed by atoms with Gasteiger partial charge in [0.25, 0.3) is 10.0 Å². The monoisotopic (exact) mass is 444 g/mol. The van der Waals surface area contributed by atoms with Crippen molar-refractivity contribution in [3.8, 4) is 0 Å². The summed E-state index contributed by atoms with van der Waals surface area (Å²) in [7, 11) is -4.05. The first-order valence-corrected chi connectivity index (χ1v) is 12.2. The Balaban J connectivity index is 1.83. The van der Waals surface area contributed by atoms with Gasteiger partial charge in [-0.15, -0.1) is 0 Å². The lowest BCUT2D eigenvalue weighted by atomic mass is 10.1. The molecular weight excluding hydrogens is 420 g/mol. The van der Waals surface area contributed by atoms with Gasteiger partial charge in [0, 0.05) is 23.4 Å². The molecule has 0 aliphatic carbocycles. The fraction of sp³-hybridized carbons (Fsp3) is 0.318. The highest BCUT2D eigenvalue weighted by Crippen LogP contribution is 2.34. The maximum absolute atomic E-state index is 13.3. The molecule has 1 N–H and O–H groups in total. The average molecular weight is 445 g/mol. The van der Waals surface area contributed by atoms with Crippen molar-refractivity contribution in [2.24, 2.45) is 0 Å². The number of carboxylic acid groups (broad SMARTS) is 1. The Bertz CT molecular complexity index is 1180. The zero-order valence-electron chi connectivity index (χ0n) is 16.7. The second-order valence-corrected chi connectivity index (χ2v) is 10.4. The maximum Gasteiger partial charge on any atom is 0.353 e. The summed E-state index contributed by atoms with van der Waals surface area (Å²) in [5.74, 6) is -1.26. The molecule has 0 atom stereocenters. The SMILES string of the molecule is Cc1c(C(=O)O)n(S(=O)(=O)c2ccccc2)c2ccc(SN3CCCCCC3)cc12. The molecule has 2 heterocycles.